The Morgan fingerprint density at radius 3 is 2.46 bits per heavy atom. The number of amides is 1. The maximum atomic E-state index is 11.9. The van der Waals surface area contributed by atoms with Crippen LogP contribution < -0.4 is 19.7 Å². The van der Waals surface area contributed by atoms with Crippen LogP contribution in [-0.2, 0) is 14.8 Å². The molecule has 1 aromatic carbocycles. The molecule has 0 bridgehead atoms. The smallest absolute Gasteiger partial charge is 0.220 e. The van der Waals surface area contributed by atoms with Gasteiger partial charge in [-0.05, 0) is 49.4 Å². The number of carbonyl (C=O) groups excluding carboxylic acids is 1. The molecule has 2 aliphatic heterocycles. The van der Waals surface area contributed by atoms with E-state index in [-0.39, 0.29) is 17.9 Å². The monoisotopic (exact) mass is 553 g/mol. The first-order valence-electron chi connectivity index (χ1n) is 13.5. The fraction of sp³-hybridized carbons (Fsp3) is 0.500. The fourth-order valence-electron chi connectivity index (χ4n) is 5.68. The molecule has 3 fully saturated rings. The van der Waals surface area contributed by atoms with Crippen LogP contribution in [0.3, 0.4) is 0 Å². The summed E-state index contributed by atoms with van der Waals surface area (Å²) in [5.41, 5.74) is 5.06. The number of anilines is 1. The Balaban J connectivity index is 1.32. The molecule has 39 heavy (non-hydrogen) atoms. The largest absolute Gasteiger partial charge is 0.495 e. The van der Waals surface area contributed by atoms with E-state index in [1.807, 2.05) is 36.0 Å². The third-order valence-corrected chi connectivity index (χ3v) is 9.47. The minimum Gasteiger partial charge on any atom is -0.495 e. The Morgan fingerprint density at radius 2 is 1.82 bits per heavy atom. The summed E-state index contributed by atoms with van der Waals surface area (Å²) in [6, 6.07) is 8.17. The van der Waals surface area contributed by atoms with Crippen LogP contribution in [0, 0.1) is 5.92 Å². The highest BCUT2D eigenvalue weighted by Gasteiger charge is 2.32. The van der Waals surface area contributed by atoms with Gasteiger partial charge in [0.25, 0.3) is 0 Å². The number of fused-ring (bicyclic) bond motifs is 1. The second-order valence-corrected chi connectivity index (χ2v) is 12.9. The standard InChI is InChI=1S/C28H35N5O5S/c1-18(21-14-27(34)29-15-21)38-26-13-22(17-33-28(26)23(16-30-33)19-4-5-19)20-6-7-24(25(12-20)37-2)31-8-10-32(11-9-31)39(3,35)36/h6-7,12-13,16-19,21H,4-5,8-11,14-15H2,1-3H3,(H,29,34)/t18-,21?/m1/s1. The molecule has 208 valence electrons. The van der Waals surface area contributed by atoms with Crippen LogP contribution in [0.4, 0.5) is 5.69 Å². The molecule has 4 heterocycles. The van der Waals surface area contributed by atoms with Crippen LogP contribution in [-0.4, -0.2) is 80.4 Å². The van der Waals surface area contributed by atoms with Crippen molar-refractivity contribution < 1.29 is 22.7 Å². The minimum absolute atomic E-state index is 0.0716. The van der Waals surface area contributed by atoms with E-state index in [4.69, 9.17) is 9.47 Å². The second-order valence-electron chi connectivity index (χ2n) is 10.9. The van der Waals surface area contributed by atoms with E-state index >= 15 is 0 Å². The van der Waals surface area contributed by atoms with Gasteiger partial charge in [-0.1, -0.05) is 6.07 Å². The van der Waals surface area contributed by atoms with E-state index in [2.05, 4.69) is 27.4 Å². The number of ether oxygens (including phenoxy) is 2. The first-order chi connectivity index (χ1) is 18.7. The van der Waals surface area contributed by atoms with Crippen molar-refractivity contribution in [2.45, 2.75) is 38.2 Å². The van der Waals surface area contributed by atoms with Gasteiger partial charge >= 0.3 is 0 Å². The quantitative estimate of drug-likeness (QED) is 0.457. The van der Waals surface area contributed by atoms with Gasteiger partial charge < -0.3 is 19.7 Å². The number of rotatable bonds is 8. The van der Waals surface area contributed by atoms with E-state index < -0.39 is 10.0 Å². The first-order valence-corrected chi connectivity index (χ1v) is 15.4. The van der Waals surface area contributed by atoms with Gasteiger partial charge in [-0.25, -0.2) is 12.9 Å². The highest BCUT2D eigenvalue weighted by atomic mass is 32.2. The number of hydrogen-bond donors (Lipinski definition) is 1. The van der Waals surface area contributed by atoms with Crippen molar-refractivity contribution in [2.75, 3.05) is 51.0 Å². The summed E-state index contributed by atoms with van der Waals surface area (Å²) < 4.78 is 39.6. The lowest BCUT2D eigenvalue weighted by atomic mass is 10.0. The number of nitrogens with one attached hydrogen (secondary N) is 1. The number of sulfonamides is 1. The van der Waals surface area contributed by atoms with Crippen molar-refractivity contribution >= 4 is 27.1 Å². The van der Waals surface area contributed by atoms with Gasteiger partial charge in [0.05, 0.1) is 25.2 Å². The zero-order valence-electron chi connectivity index (χ0n) is 22.6. The Morgan fingerprint density at radius 1 is 1.08 bits per heavy atom. The van der Waals surface area contributed by atoms with Gasteiger partial charge in [0, 0.05) is 62.4 Å². The van der Waals surface area contributed by atoms with Crippen LogP contribution in [0.5, 0.6) is 11.5 Å². The molecule has 1 N–H and O–H groups in total. The topological polar surface area (TPSA) is 105 Å². The zero-order valence-corrected chi connectivity index (χ0v) is 23.4. The number of pyridine rings is 1. The third-order valence-electron chi connectivity index (χ3n) is 8.17. The average Bonchev–Trinajstić information content (AvgIpc) is 3.52. The molecule has 1 unspecified atom stereocenters. The predicted octanol–water partition coefficient (Wildman–Crippen LogP) is 2.87. The molecule has 2 atom stereocenters. The van der Waals surface area contributed by atoms with Crippen molar-refractivity contribution in [3.05, 3.63) is 42.2 Å². The lowest BCUT2D eigenvalue weighted by Crippen LogP contribution is -2.48. The molecule has 10 nitrogen and oxygen atoms in total. The van der Waals surface area contributed by atoms with Crippen LogP contribution in [0.25, 0.3) is 16.6 Å². The van der Waals surface area contributed by atoms with Gasteiger partial charge in [-0.3, -0.25) is 4.79 Å². The maximum absolute atomic E-state index is 11.9. The van der Waals surface area contributed by atoms with Crippen LogP contribution in [0.1, 0.15) is 37.7 Å². The summed E-state index contributed by atoms with van der Waals surface area (Å²) in [4.78, 5) is 14.0. The molecule has 3 aromatic rings. The molecular weight excluding hydrogens is 518 g/mol. The molecule has 6 rings (SSSR count). The van der Waals surface area contributed by atoms with Crippen LogP contribution in [0.2, 0.25) is 0 Å². The van der Waals surface area contributed by atoms with E-state index in [0.29, 0.717) is 45.1 Å². The molecule has 2 aromatic heterocycles. The van der Waals surface area contributed by atoms with Crippen molar-refractivity contribution in [3.8, 4) is 22.6 Å². The van der Waals surface area contributed by atoms with Crippen molar-refractivity contribution in [2.24, 2.45) is 5.92 Å². The summed E-state index contributed by atoms with van der Waals surface area (Å²) in [5.74, 6) is 2.21. The molecule has 1 saturated carbocycles. The van der Waals surface area contributed by atoms with Crippen molar-refractivity contribution in [1.29, 1.82) is 0 Å². The molecule has 0 radical (unpaired) electrons. The Bertz CT molecular complexity index is 1510. The summed E-state index contributed by atoms with van der Waals surface area (Å²) in [7, 11) is -1.54. The average molecular weight is 554 g/mol. The Hall–Kier alpha value is -3.31. The molecule has 1 aliphatic carbocycles. The number of piperazine rings is 1. The van der Waals surface area contributed by atoms with E-state index in [1.165, 1.54) is 16.1 Å². The van der Waals surface area contributed by atoms with Gasteiger partial charge in [-0.2, -0.15) is 9.40 Å². The molecule has 1 amide bonds. The van der Waals surface area contributed by atoms with Gasteiger partial charge in [0.1, 0.15) is 23.1 Å². The number of carbonyl (C=O) groups is 1. The molecular formula is C28H35N5O5S. The number of benzene rings is 1. The number of methoxy groups -OCH3 is 1. The Kier molecular flexibility index (Phi) is 6.66. The molecule has 11 heteroatoms. The highest BCUT2D eigenvalue weighted by Crippen LogP contribution is 2.45. The van der Waals surface area contributed by atoms with Gasteiger partial charge in [0.15, 0.2) is 0 Å². The van der Waals surface area contributed by atoms with E-state index in [1.54, 1.807) is 7.11 Å². The molecule has 2 saturated heterocycles. The van der Waals surface area contributed by atoms with Gasteiger partial charge in [0.2, 0.25) is 15.9 Å². The molecule has 3 aliphatic rings. The highest BCUT2D eigenvalue weighted by molar-refractivity contribution is 7.88. The third kappa shape index (κ3) is 5.17. The summed E-state index contributed by atoms with van der Waals surface area (Å²) in [6.07, 6.45) is 7.90. The summed E-state index contributed by atoms with van der Waals surface area (Å²) in [6.45, 7) is 4.75. The van der Waals surface area contributed by atoms with E-state index in [0.717, 1.165) is 46.7 Å². The van der Waals surface area contributed by atoms with Gasteiger partial charge in [-0.15, -0.1) is 0 Å². The maximum Gasteiger partial charge on any atom is 0.220 e. The normalized spacial score (nSPS) is 21.3. The lowest BCUT2D eigenvalue weighted by molar-refractivity contribution is -0.119. The predicted molar refractivity (Wildman–Crippen MR) is 149 cm³/mol. The number of hydrogen-bond acceptors (Lipinski definition) is 7. The molecule has 0 spiro atoms. The van der Waals surface area contributed by atoms with Crippen molar-refractivity contribution in [1.82, 2.24) is 19.2 Å². The van der Waals surface area contributed by atoms with Crippen molar-refractivity contribution in [3.63, 3.8) is 0 Å². The van der Waals surface area contributed by atoms with Crippen LogP contribution in [0.15, 0.2) is 36.7 Å². The fourth-order valence-corrected chi connectivity index (χ4v) is 6.51. The Labute approximate surface area is 228 Å². The second kappa shape index (κ2) is 10.0. The number of nitrogens with zero attached hydrogens (tertiary/aromatic N) is 4. The summed E-state index contributed by atoms with van der Waals surface area (Å²) in [5, 5.41) is 7.59. The van der Waals surface area contributed by atoms with Crippen LogP contribution >= 0.6 is 0 Å². The zero-order chi connectivity index (χ0) is 27.3. The minimum atomic E-state index is -3.19. The first kappa shape index (κ1) is 25.9. The summed E-state index contributed by atoms with van der Waals surface area (Å²) >= 11 is 0. The number of aromatic nitrogens is 2. The lowest BCUT2D eigenvalue weighted by Gasteiger charge is -2.35. The van der Waals surface area contributed by atoms with E-state index in [9.17, 15) is 13.2 Å². The SMILES string of the molecule is COc1cc(-c2cc(O[C@H](C)C3CNC(=O)C3)c3c(C4CC4)cnn3c2)ccc1N1CCN(S(C)(=O)=O)CC1.